The summed E-state index contributed by atoms with van der Waals surface area (Å²) < 4.78 is 27.3. The van der Waals surface area contributed by atoms with Gasteiger partial charge in [-0.05, 0) is 35.8 Å². The molecule has 1 rings (SSSR count). The van der Waals surface area contributed by atoms with Crippen molar-refractivity contribution in [2.24, 2.45) is 0 Å². The van der Waals surface area contributed by atoms with E-state index in [0.717, 1.165) is 36.8 Å². The van der Waals surface area contributed by atoms with Crippen molar-refractivity contribution >= 4 is 12.9 Å². The zero-order chi connectivity index (χ0) is 40.7. The van der Waals surface area contributed by atoms with Crippen LogP contribution in [-0.2, 0) is 24.4 Å². The van der Waals surface area contributed by atoms with Crippen LogP contribution in [0.15, 0.2) is 12.1 Å². The Kier molecular flexibility index (Phi) is 30.4. The van der Waals surface area contributed by atoms with Crippen LogP contribution in [0.4, 0.5) is 0 Å². The van der Waals surface area contributed by atoms with Crippen LogP contribution in [0.1, 0.15) is 272 Å². The summed E-state index contributed by atoms with van der Waals surface area (Å²) in [7, 11) is -3.58. The second kappa shape index (κ2) is 32.1. The summed E-state index contributed by atoms with van der Waals surface area (Å²) >= 11 is 0. The SMILES string of the molecule is CCCCCCCCCCCCCCCCCCOP(=O)(OCCCCCCCCCCCCCCCCCC)c1cc(C(C)(C)C)c(O)c(C(C)(C)C)c1. The van der Waals surface area contributed by atoms with Crippen molar-refractivity contribution in [2.45, 2.75) is 272 Å². The average Bonchev–Trinajstić information content (AvgIpc) is 3.13. The highest BCUT2D eigenvalue weighted by Gasteiger charge is 2.34. The van der Waals surface area contributed by atoms with E-state index in [1.54, 1.807) is 0 Å². The molecule has 0 saturated heterocycles. The predicted molar refractivity (Wildman–Crippen MR) is 244 cm³/mol. The quantitative estimate of drug-likeness (QED) is 0.0539. The summed E-state index contributed by atoms with van der Waals surface area (Å²) in [5.41, 5.74) is 0.971. The number of phenols is 1. The van der Waals surface area contributed by atoms with Crippen LogP contribution in [-0.4, -0.2) is 18.3 Å². The minimum Gasteiger partial charge on any atom is -0.507 e. The molecule has 0 atom stereocenters. The van der Waals surface area contributed by atoms with E-state index in [2.05, 4.69) is 55.4 Å². The Labute approximate surface area is 344 Å². The third-order valence-corrected chi connectivity index (χ3v) is 13.5. The Balaban J connectivity index is 2.51. The van der Waals surface area contributed by atoms with E-state index in [1.807, 2.05) is 12.1 Å². The van der Waals surface area contributed by atoms with Gasteiger partial charge in [-0.1, -0.05) is 248 Å². The van der Waals surface area contributed by atoms with E-state index >= 15 is 0 Å². The van der Waals surface area contributed by atoms with Crippen molar-refractivity contribution in [1.82, 2.24) is 0 Å². The highest BCUT2D eigenvalue weighted by molar-refractivity contribution is 7.62. The topological polar surface area (TPSA) is 55.8 Å². The fourth-order valence-corrected chi connectivity index (χ4v) is 9.46. The van der Waals surface area contributed by atoms with E-state index in [9.17, 15) is 9.67 Å². The molecule has 324 valence electrons. The zero-order valence-corrected chi connectivity index (χ0v) is 39.2. The molecule has 0 bridgehead atoms. The highest BCUT2D eigenvalue weighted by atomic mass is 31.2. The van der Waals surface area contributed by atoms with E-state index in [0.29, 0.717) is 24.3 Å². The van der Waals surface area contributed by atoms with E-state index < -0.39 is 7.60 Å². The summed E-state index contributed by atoms with van der Waals surface area (Å²) in [6.07, 6.45) is 42.3. The minimum atomic E-state index is -3.58. The van der Waals surface area contributed by atoms with Gasteiger partial charge in [-0.15, -0.1) is 0 Å². The fourth-order valence-electron chi connectivity index (χ4n) is 7.78. The van der Waals surface area contributed by atoms with Gasteiger partial charge >= 0.3 is 7.60 Å². The van der Waals surface area contributed by atoms with Gasteiger partial charge in [0.15, 0.2) is 0 Å². The molecule has 1 aromatic carbocycles. The summed E-state index contributed by atoms with van der Waals surface area (Å²) in [4.78, 5) is 0. The van der Waals surface area contributed by atoms with Gasteiger partial charge in [-0.25, -0.2) is 0 Å². The summed E-state index contributed by atoms with van der Waals surface area (Å²) in [6.45, 7) is 18.0. The summed E-state index contributed by atoms with van der Waals surface area (Å²) in [5, 5.41) is 11.9. The number of unbranched alkanes of at least 4 members (excludes halogenated alkanes) is 30. The Hall–Kier alpha value is -0.830. The molecule has 0 amide bonds. The maximum absolute atomic E-state index is 14.7. The molecule has 0 aromatic heterocycles. The van der Waals surface area contributed by atoms with Crippen LogP contribution >= 0.6 is 7.60 Å². The molecule has 0 aliphatic rings. The largest absolute Gasteiger partial charge is 0.507 e. The van der Waals surface area contributed by atoms with Crippen molar-refractivity contribution in [3.05, 3.63) is 23.3 Å². The van der Waals surface area contributed by atoms with Gasteiger partial charge < -0.3 is 14.2 Å². The highest BCUT2D eigenvalue weighted by Crippen LogP contribution is 2.50. The lowest BCUT2D eigenvalue weighted by atomic mass is 9.79. The Bertz CT molecular complexity index is 1010. The number of hydrogen-bond acceptors (Lipinski definition) is 4. The zero-order valence-electron chi connectivity index (χ0n) is 38.3. The van der Waals surface area contributed by atoms with Gasteiger partial charge in [-0.3, -0.25) is 4.57 Å². The van der Waals surface area contributed by atoms with Crippen molar-refractivity contribution < 1.29 is 18.7 Å². The average molecular weight is 791 g/mol. The number of hydrogen-bond donors (Lipinski definition) is 1. The van der Waals surface area contributed by atoms with Gasteiger partial charge in [0.1, 0.15) is 5.75 Å². The number of benzene rings is 1. The molecule has 0 unspecified atom stereocenters. The van der Waals surface area contributed by atoms with Crippen LogP contribution in [0.2, 0.25) is 0 Å². The Morgan fingerprint density at radius 1 is 0.418 bits per heavy atom. The molecule has 4 nitrogen and oxygen atoms in total. The maximum Gasteiger partial charge on any atom is 0.361 e. The smallest absolute Gasteiger partial charge is 0.361 e. The third kappa shape index (κ3) is 26.0. The van der Waals surface area contributed by atoms with Crippen LogP contribution in [0, 0.1) is 0 Å². The molecule has 0 aliphatic carbocycles. The molecule has 1 N–H and O–H groups in total. The van der Waals surface area contributed by atoms with Crippen molar-refractivity contribution in [3.63, 3.8) is 0 Å². The second-order valence-corrected chi connectivity index (χ2v) is 21.2. The van der Waals surface area contributed by atoms with Gasteiger partial charge in [0.2, 0.25) is 0 Å². The number of aromatic hydroxyl groups is 1. The minimum absolute atomic E-state index is 0.297. The Morgan fingerprint density at radius 3 is 0.855 bits per heavy atom. The lowest BCUT2D eigenvalue weighted by molar-refractivity contribution is 0.206. The number of rotatable bonds is 37. The first-order valence-corrected chi connectivity index (χ1v) is 25.7. The molecule has 0 radical (unpaired) electrons. The van der Waals surface area contributed by atoms with Crippen LogP contribution in [0.5, 0.6) is 5.75 Å². The molecular formula is C50H95O4P. The van der Waals surface area contributed by atoms with Gasteiger partial charge in [0.05, 0.1) is 18.5 Å². The second-order valence-electron chi connectivity index (χ2n) is 19.2. The Morgan fingerprint density at radius 2 is 0.636 bits per heavy atom. The molecule has 0 heterocycles. The van der Waals surface area contributed by atoms with Crippen molar-refractivity contribution in [1.29, 1.82) is 0 Å². The first-order chi connectivity index (χ1) is 26.4. The first-order valence-electron chi connectivity index (χ1n) is 24.1. The van der Waals surface area contributed by atoms with Gasteiger partial charge in [0.25, 0.3) is 0 Å². The van der Waals surface area contributed by atoms with Gasteiger partial charge in [0, 0.05) is 11.1 Å². The van der Waals surface area contributed by atoms with Crippen molar-refractivity contribution in [3.8, 4) is 5.75 Å². The summed E-state index contributed by atoms with van der Waals surface area (Å²) in [6, 6.07) is 3.79. The van der Waals surface area contributed by atoms with E-state index in [1.165, 1.54) is 180 Å². The molecule has 55 heavy (non-hydrogen) atoms. The molecule has 0 saturated carbocycles. The van der Waals surface area contributed by atoms with E-state index in [-0.39, 0.29) is 10.8 Å². The van der Waals surface area contributed by atoms with Crippen LogP contribution < -0.4 is 5.30 Å². The van der Waals surface area contributed by atoms with Gasteiger partial charge in [-0.2, -0.15) is 0 Å². The molecule has 0 aliphatic heterocycles. The lowest BCUT2D eigenvalue weighted by Crippen LogP contribution is -2.23. The van der Waals surface area contributed by atoms with Crippen LogP contribution in [0.3, 0.4) is 0 Å². The predicted octanol–water partition coefficient (Wildman–Crippen LogP) is 17.4. The molecular weight excluding hydrogens is 696 g/mol. The fraction of sp³-hybridized carbons (Fsp3) is 0.880. The first kappa shape index (κ1) is 52.2. The normalized spacial score (nSPS) is 12.6. The molecule has 1 aromatic rings. The maximum atomic E-state index is 14.7. The molecule has 0 spiro atoms. The number of phenolic OH excluding ortho intramolecular Hbond substituents is 1. The van der Waals surface area contributed by atoms with E-state index in [4.69, 9.17) is 9.05 Å². The lowest BCUT2D eigenvalue weighted by Gasteiger charge is -2.29. The third-order valence-electron chi connectivity index (χ3n) is 11.5. The monoisotopic (exact) mass is 791 g/mol. The summed E-state index contributed by atoms with van der Waals surface area (Å²) in [5.74, 6) is 0.297. The standard InChI is InChI=1S/C50H95O4P/c1-9-11-13-15-17-19-21-23-25-27-29-31-33-35-37-39-41-53-55(52,45-43-46(49(3,4)5)48(51)47(44-45)50(6,7)8)54-42-40-38-36-34-32-30-28-26-24-22-20-18-16-14-12-10-2/h43-44,51H,9-42H2,1-8H3. The molecule has 0 fully saturated rings. The van der Waals surface area contributed by atoms with Crippen LogP contribution in [0.25, 0.3) is 0 Å². The molecule has 5 heteroatoms. The van der Waals surface area contributed by atoms with Crippen molar-refractivity contribution in [2.75, 3.05) is 13.2 Å².